The van der Waals surface area contributed by atoms with E-state index in [-0.39, 0.29) is 11.3 Å². The summed E-state index contributed by atoms with van der Waals surface area (Å²) in [6.45, 7) is 0. The molecule has 1 rings (SSSR count). The van der Waals surface area contributed by atoms with E-state index in [1.54, 1.807) is 0 Å². The van der Waals surface area contributed by atoms with Crippen molar-refractivity contribution in [2.24, 2.45) is 0 Å². The molecule has 0 aliphatic heterocycles. The number of carboxylic acids is 1. The van der Waals surface area contributed by atoms with Gasteiger partial charge in [0.05, 0.1) is 5.57 Å². The van der Waals surface area contributed by atoms with Gasteiger partial charge < -0.3 is 10.6 Å². The molecule has 0 heterocycles. The standard InChI is InChI=1S/C7H5N3O5/c8-9-5-3-1-2-4(7(11)12)6(5)15-10(13)14/h1-3,6H,(H,11,12). The van der Waals surface area contributed by atoms with E-state index in [0.29, 0.717) is 0 Å². The molecule has 78 valence electrons. The highest BCUT2D eigenvalue weighted by Gasteiger charge is 2.35. The molecule has 15 heavy (non-hydrogen) atoms. The summed E-state index contributed by atoms with van der Waals surface area (Å²) in [6, 6.07) is 0. The van der Waals surface area contributed by atoms with E-state index < -0.39 is 17.2 Å². The van der Waals surface area contributed by atoms with Crippen LogP contribution in [0.4, 0.5) is 0 Å². The minimum atomic E-state index is -1.51. The predicted octanol–water partition coefficient (Wildman–Crippen LogP) is -0.185. The number of carbonyl (C=O) groups is 1. The fourth-order valence-electron chi connectivity index (χ4n) is 1.05. The van der Waals surface area contributed by atoms with Crippen LogP contribution in [0.15, 0.2) is 23.8 Å². The van der Waals surface area contributed by atoms with Gasteiger partial charge in [-0.2, -0.15) is 4.79 Å². The summed E-state index contributed by atoms with van der Waals surface area (Å²) < 4.78 is 0. The molecule has 0 radical (unpaired) electrons. The molecule has 1 N–H and O–H groups in total. The molecule has 0 fully saturated rings. The lowest BCUT2D eigenvalue weighted by Gasteiger charge is -2.11. The lowest BCUT2D eigenvalue weighted by molar-refractivity contribution is -0.761. The molecular weight excluding hydrogens is 206 g/mol. The molecule has 1 atom stereocenters. The summed E-state index contributed by atoms with van der Waals surface area (Å²) in [7, 11) is 0. The first-order valence-electron chi connectivity index (χ1n) is 3.71. The maximum atomic E-state index is 10.7. The van der Waals surface area contributed by atoms with E-state index in [4.69, 9.17) is 10.6 Å². The van der Waals surface area contributed by atoms with E-state index in [1.165, 1.54) is 12.2 Å². The minimum Gasteiger partial charge on any atom is -0.478 e. The summed E-state index contributed by atoms with van der Waals surface area (Å²) in [5.41, 5.74) is 7.87. The normalized spacial score (nSPS) is 19.1. The van der Waals surface area contributed by atoms with Crippen LogP contribution in [0, 0.1) is 10.1 Å². The van der Waals surface area contributed by atoms with Crippen LogP contribution in [0.2, 0.25) is 0 Å². The fourth-order valence-corrected chi connectivity index (χ4v) is 1.05. The van der Waals surface area contributed by atoms with E-state index in [0.717, 1.165) is 6.08 Å². The number of nitrogens with zero attached hydrogens (tertiary/aromatic N) is 3. The van der Waals surface area contributed by atoms with Crippen molar-refractivity contribution in [2.45, 2.75) is 6.10 Å². The van der Waals surface area contributed by atoms with Crippen molar-refractivity contribution in [2.75, 3.05) is 0 Å². The zero-order valence-corrected chi connectivity index (χ0v) is 7.23. The Labute approximate surface area is 82.8 Å². The average molecular weight is 211 g/mol. The van der Waals surface area contributed by atoms with Gasteiger partial charge in [0.1, 0.15) is 0 Å². The lowest BCUT2D eigenvalue weighted by Crippen LogP contribution is -2.33. The third-order valence-corrected chi connectivity index (χ3v) is 1.65. The van der Waals surface area contributed by atoms with Crippen LogP contribution in [0.3, 0.4) is 0 Å². The van der Waals surface area contributed by atoms with Crippen LogP contribution in [-0.4, -0.2) is 32.8 Å². The molecule has 1 unspecified atom stereocenters. The fraction of sp³-hybridized carbons (Fsp3) is 0.143. The van der Waals surface area contributed by atoms with Crippen molar-refractivity contribution in [1.29, 1.82) is 0 Å². The summed E-state index contributed by atoms with van der Waals surface area (Å²) in [5, 5.41) is 17.6. The molecule has 0 aromatic carbocycles. The lowest BCUT2D eigenvalue weighted by atomic mass is 10.0. The quantitative estimate of drug-likeness (QED) is 0.299. The Hall–Kier alpha value is -2.47. The van der Waals surface area contributed by atoms with Crippen molar-refractivity contribution in [3.05, 3.63) is 39.4 Å². The molecule has 0 saturated heterocycles. The highest BCUT2D eigenvalue weighted by Crippen LogP contribution is 2.14. The molecule has 1 aliphatic carbocycles. The van der Waals surface area contributed by atoms with Gasteiger partial charge in [0.25, 0.3) is 5.09 Å². The van der Waals surface area contributed by atoms with Crippen LogP contribution in [0.1, 0.15) is 0 Å². The van der Waals surface area contributed by atoms with E-state index in [9.17, 15) is 14.9 Å². The van der Waals surface area contributed by atoms with Crippen molar-refractivity contribution < 1.29 is 24.6 Å². The number of allylic oxidation sites excluding steroid dienone is 2. The number of hydrogen-bond donors (Lipinski definition) is 1. The molecule has 1 aliphatic rings. The second-order valence-electron chi connectivity index (χ2n) is 2.52. The van der Waals surface area contributed by atoms with E-state index >= 15 is 0 Å². The van der Waals surface area contributed by atoms with Gasteiger partial charge in [-0.3, -0.25) is 4.84 Å². The summed E-state index contributed by atoms with van der Waals surface area (Å²) in [6.07, 6.45) is 2.12. The largest absolute Gasteiger partial charge is 0.478 e. The molecular formula is C7H5N3O5. The zero-order chi connectivity index (χ0) is 11.4. The van der Waals surface area contributed by atoms with Gasteiger partial charge in [0, 0.05) is 6.08 Å². The van der Waals surface area contributed by atoms with Crippen LogP contribution >= 0.6 is 0 Å². The monoisotopic (exact) mass is 211 g/mol. The van der Waals surface area contributed by atoms with Crippen LogP contribution in [0.25, 0.3) is 5.53 Å². The Kier molecular flexibility index (Phi) is 2.94. The summed E-state index contributed by atoms with van der Waals surface area (Å²) in [4.78, 5) is 27.6. The third kappa shape index (κ3) is 2.26. The first kappa shape index (κ1) is 10.6. The number of aliphatic carboxylic acids is 1. The second kappa shape index (κ2) is 4.16. The van der Waals surface area contributed by atoms with E-state index in [2.05, 4.69) is 9.63 Å². The van der Waals surface area contributed by atoms with Gasteiger partial charge in [-0.25, -0.2) is 4.79 Å². The summed E-state index contributed by atoms with van der Waals surface area (Å²) in [5.74, 6) is -1.38. The van der Waals surface area contributed by atoms with Crippen molar-refractivity contribution in [1.82, 2.24) is 0 Å². The van der Waals surface area contributed by atoms with Gasteiger partial charge in [-0.05, 0) is 6.08 Å². The minimum absolute atomic E-state index is 0.244. The topological polar surface area (TPSA) is 126 Å². The number of carboxylic acid groups (broad SMARTS) is 1. The smallest absolute Gasteiger partial charge is 0.334 e. The maximum Gasteiger partial charge on any atom is 0.334 e. The first-order chi connectivity index (χ1) is 7.06. The van der Waals surface area contributed by atoms with Gasteiger partial charge in [0.15, 0.2) is 0 Å². The maximum absolute atomic E-state index is 10.7. The molecule has 0 saturated carbocycles. The van der Waals surface area contributed by atoms with Gasteiger partial charge in [-0.1, -0.05) is 6.08 Å². The highest BCUT2D eigenvalue weighted by atomic mass is 17.0. The molecule has 8 nitrogen and oxygen atoms in total. The molecule has 0 amide bonds. The predicted molar refractivity (Wildman–Crippen MR) is 45.4 cm³/mol. The van der Waals surface area contributed by atoms with Crippen molar-refractivity contribution in [3.63, 3.8) is 0 Å². The molecule has 0 aromatic rings. The Balaban J connectivity index is 3.08. The summed E-state index contributed by atoms with van der Waals surface area (Å²) >= 11 is 0. The molecule has 8 heteroatoms. The SMILES string of the molecule is [N-]=[N+]=C1C=CC=C(C(=O)O)C1O[N+](=O)[O-]. The average Bonchev–Trinajstić information content (AvgIpc) is 2.16. The van der Waals surface area contributed by atoms with Gasteiger partial charge in [-0.15, -0.1) is 10.1 Å². The van der Waals surface area contributed by atoms with Crippen LogP contribution in [-0.2, 0) is 9.63 Å². The Bertz CT molecular complexity index is 418. The first-order valence-corrected chi connectivity index (χ1v) is 3.71. The Morgan fingerprint density at radius 2 is 2.40 bits per heavy atom. The Morgan fingerprint density at radius 3 is 2.87 bits per heavy atom. The molecule has 0 aromatic heterocycles. The zero-order valence-electron chi connectivity index (χ0n) is 7.23. The van der Waals surface area contributed by atoms with Crippen molar-refractivity contribution >= 4 is 11.7 Å². The Morgan fingerprint density at radius 1 is 1.73 bits per heavy atom. The molecule has 0 bridgehead atoms. The number of rotatable bonds is 3. The van der Waals surface area contributed by atoms with Crippen LogP contribution < -0.4 is 0 Å². The number of hydrogen-bond acceptors (Lipinski definition) is 4. The molecule has 0 spiro atoms. The third-order valence-electron chi connectivity index (χ3n) is 1.65. The van der Waals surface area contributed by atoms with Crippen molar-refractivity contribution in [3.8, 4) is 0 Å². The second-order valence-corrected chi connectivity index (χ2v) is 2.52. The highest BCUT2D eigenvalue weighted by molar-refractivity contribution is 6.05. The van der Waals surface area contributed by atoms with E-state index in [1.807, 2.05) is 0 Å². The van der Waals surface area contributed by atoms with Gasteiger partial charge in [0.2, 0.25) is 6.10 Å². The van der Waals surface area contributed by atoms with Gasteiger partial charge >= 0.3 is 11.7 Å². The van der Waals surface area contributed by atoms with Crippen LogP contribution in [0.5, 0.6) is 0 Å².